The van der Waals surface area contributed by atoms with Crippen molar-refractivity contribution in [3.05, 3.63) is 59.7 Å². The lowest BCUT2D eigenvalue weighted by molar-refractivity contribution is -0.150. The number of carboxylic acid groups (broad SMARTS) is 1. The highest BCUT2D eigenvalue weighted by Crippen LogP contribution is 2.44. The quantitative estimate of drug-likeness (QED) is 0.542. The van der Waals surface area contributed by atoms with Crippen LogP contribution in [-0.4, -0.2) is 61.4 Å². The normalized spacial score (nSPS) is 19.2. The molecule has 4 rings (SSSR count). The summed E-state index contributed by atoms with van der Waals surface area (Å²) in [4.78, 5) is 35.1. The van der Waals surface area contributed by atoms with Gasteiger partial charge < -0.3 is 25.2 Å². The molecule has 10 heteroatoms. The van der Waals surface area contributed by atoms with Crippen LogP contribution in [0.5, 0.6) is 0 Å². The first-order valence-corrected chi connectivity index (χ1v) is 10.9. The number of amides is 2. The molecule has 8 nitrogen and oxygen atoms in total. The van der Waals surface area contributed by atoms with Gasteiger partial charge in [0.2, 0.25) is 0 Å². The molecule has 1 aliphatic heterocycles. The van der Waals surface area contributed by atoms with Crippen LogP contribution in [-0.2, 0) is 19.1 Å². The maximum absolute atomic E-state index is 14.2. The van der Waals surface area contributed by atoms with Crippen molar-refractivity contribution in [3.63, 3.8) is 0 Å². The van der Waals surface area contributed by atoms with E-state index in [2.05, 4.69) is 0 Å². The number of hydrogen-bond donors (Lipinski definition) is 3. The average molecular weight is 474 g/mol. The molecule has 2 atom stereocenters. The molecule has 0 unspecified atom stereocenters. The van der Waals surface area contributed by atoms with E-state index < -0.39 is 42.5 Å². The second-order valence-corrected chi connectivity index (χ2v) is 8.27. The van der Waals surface area contributed by atoms with Gasteiger partial charge in [-0.15, -0.1) is 0 Å². The third-order valence-electron chi connectivity index (χ3n) is 6.11. The smallest absolute Gasteiger partial charge is 0.407 e. The summed E-state index contributed by atoms with van der Waals surface area (Å²) in [6.07, 6.45) is -1.88. The van der Waals surface area contributed by atoms with Crippen molar-refractivity contribution in [2.45, 2.75) is 24.4 Å². The fourth-order valence-electron chi connectivity index (χ4n) is 4.38. The van der Waals surface area contributed by atoms with E-state index in [-0.39, 0.29) is 25.7 Å². The maximum atomic E-state index is 14.2. The Morgan fingerprint density at radius 1 is 1.03 bits per heavy atom. The molecule has 0 bridgehead atoms. The first kappa shape index (κ1) is 23.6. The molecule has 2 amide bonds. The van der Waals surface area contributed by atoms with E-state index in [1.165, 1.54) is 0 Å². The number of rotatable bonds is 8. The predicted molar refractivity (Wildman–Crippen MR) is 117 cm³/mol. The Morgan fingerprint density at radius 3 is 2.26 bits per heavy atom. The van der Waals surface area contributed by atoms with Gasteiger partial charge in [-0.3, -0.25) is 4.79 Å². The predicted octanol–water partition coefficient (Wildman–Crippen LogP) is 2.77. The fourth-order valence-corrected chi connectivity index (χ4v) is 4.38. The van der Waals surface area contributed by atoms with Crippen molar-refractivity contribution in [3.8, 4) is 11.1 Å². The van der Waals surface area contributed by atoms with E-state index in [0.717, 1.165) is 22.3 Å². The molecule has 180 valence electrons. The first-order chi connectivity index (χ1) is 16.3. The zero-order valence-electron chi connectivity index (χ0n) is 18.1. The first-order valence-electron chi connectivity index (χ1n) is 10.9. The number of benzene rings is 2. The highest BCUT2D eigenvalue weighted by Gasteiger charge is 2.41. The molecule has 3 N–H and O–H groups in total. The van der Waals surface area contributed by atoms with Crippen LogP contribution < -0.4 is 10.6 Å². The molecular weight excluding hydrogens is 450 g/mol. The number of ether oxygens (including phenoxy) is 2. The van der Waals surface area contributed by atoms with Crippen LogP contribution in [0.1, 0.15) is 23.5 Å². The van der Waals surface area contributed by atoms with E-state index in [0.29, 0.717) is 6.42 Å². The Morgan fingerprint density at radius 2 is 1.65 bits per heavy atom. The average Bonchev–Trinajstić information content (AvgIpc) is 3.43. The fraction of sp³-hybridized carbons (Fsp3) is 0.375. The zero-order chi connectivity index (χ0) is 24.3. The molecule has 1 saturated heterocycles. The number of hydrogen-bond acceptors (Lipinski definition) is 5. The number of fused-ring (bicyclic) bond motifs is 3. The van der Waals surface area contributed by atoms with Crippen molar-refractivity contribution in [1.82, 2.24) is 10.6 Å². The number of carbonyl (C=O) groups excluding carboxylic acids is 2. The van der Waals surface area contributed by atoms with Crippen molar-refractivity contribution in [2.24, 2.45) is 5.92 Å². The van der Waals surface area contributed by atoms with E-state index in [1.807, 2.05) is 59.2 Å². The molecule has 34 heavy (non-hydrogen) atoms. The van der Waals surface area contributed by atoms with Crippen LogP contribution in [0.4, 0.5) is 13.6 Å². The van der Waals surface area contributed by atoms with Crippen LogP contribution in [0.25, 0.3) is 11.1 Å². The summed E-state index contributed by atoms with van der Waals surface area (Å²) in [5.74, 6) is -7.54. The van der Waals surface area contributed by atoms with Gasteiger partial charge in [-0.25, -0.2) is 9.59 Å². The highest BCUT2D eigenvalue weighted by molar-refractivity contribution is 5.84. The summed E-state index contributed by atoms with van der Waals surface area (Å²) < 4.78 is 38.7. The minimum Gasteiger partial charge on any atom is -0.479 e. The van der Waals surface area contributed by atoms with Gasteiger partial charge in [0.05, 0.1) is 6.54 Å². The topological polar surface area (TPSA) is 114 Å². The van der Waals surface area contributed by atoms with E-state index in [1.54, 1.807) is 0 Å². The molecule has 0 aromatic heterocycles. The van der Waals surface area contributed by atoms with Crippen molar-refractivity contribution >= 4 is 18.0 Å². The monoisotopic (exact) mass is 474 g/mol. The lowest BCUT2D eigenvalue weighted by Crippen LogP contribution is -2.49. The Labute approximate surface area is 194 Å². The van der Waals surface area contributed by atoms with Gasteiger partial charge in [0.25, 0.3) is 5.91 Å². The van der Waals surface area contributed by atoms with Crippen LogP contribution in [0, 0.1) is 5.92 Å². The number of aliphatic carboxylic acids is 1. The lowest BCUT2D eigenvalue weighted by atomic mass is 9.98. The summed E-state index contributed by atoms with van der Waals surface area (Å²) in [6, 6.07) is 15.4. The van der Waals surface area contributed by atoms with Crippen LogP contribution in [0.2, 0.25) is 0 Å². The minimum absolute atomic E-state index is 0.0457. The molecule has 1 aliphatic carbocycles. The molecular formula is C24H24F2N2O6. The van der Waals surface area contributed by atoms with Crippen molar-refractivity contribution in [2.75, 3.05) is 26.3 Å². The zero-order valence-corrected chi connectivity index (χ0v) is 18.1. The number of nitrogens with one attached hydrogen (secondary N) is 2. The Bertz CT molecular complexity index is 1050. The molecule has 2 aliphatic rings. The van der Waals surface area contributed by atoms with Gasteiger partial charge in [0.15, 0.2) is 6.10 Å². The van der Waals surface area contributed by atoms with Gasteiger partial charge in [-0.05, 0) is 28.7 Å². The second-order valence-electron chi connectivity index (χ2n) is 8.27. The van der Waals surface area contributed by atoms with Gasteiger partial charge in [-0.2, -0.15) is 8.78 Å². The second kappa shape index (κ2) is 9.76. The number of carboxylic acids is 1. The number of halogens is 2. The molecule has 1 fully saturated rings. The molecule has 2 aromatic carbocycles. The van der Waals surface area contributed by atoms with E-state index in [4.69, 9.17) is 14.6 Å². The number of carbonyl (C=O) groups is 3. The van der Waals surface area contributed by atoms with Gasteiger partial charge in [0, 0.05) is 25.0 Å². The van der Waals surface area contributed by atoms with E-state index >= 15 is 0 Å². The molecule has 0 spiro atoms. The minimum atomic E-state index is -3.90. The van der Waals surface area contributed by atoms with Gasteiger partial charge in [-0.1, -0.05) is 48.5 Å². The Balaban J connectivity index is 1.27. The molecule has 1 heterocycles. The molecule has 2 aromatic rings. The van der Waals surface area contributed by atoms with Crippen molar-refractivity contribution in [1.29, 1.82) is 0 Å². The summed E-state index contributed by atoms with van der Waals surface area (Å²) in [6.45, 7) is -1.39. The number of alkyl halides is 2. The van der Waals surface area contributed by atoms with Gasteiger partial charge >= 0.3 is 18.0 Å². The molecule has 0 saturated carbocycles. The summed E-state index contributed by atoms with van der Waals surface area (Å²) >= 11 is 0. The Kier molecular flexibility index (Phi) is 6.78. The lowest BCUT2D eigenvalue weighted by Gasteiger charge is -2.20. The van der Waals surface area contributed by atoms with Crippen molar-refractivity contribution < 1.29 is 37.7 Å². The third kappa shape index (κ3) is 4.86. The highest BCUT2D eigenvalue weighted by atomic mass is 19.3. The van der Waals surface area contributed by atoms with Crippen LogP contribution in [0.15, 0.2) is 48.5 Å². The molecule has 0 radical (unpaired) electrons. The number of alkyl carbamates (subject to hydrolysis) is 1. The van der Waals surface area contributed by atoms with Crippen LogP contribution in [0.3, 0.4) is 0 Å². The summed E-state index contributed by atoms with van der Waals surface area (Å²) in [5.41, 5.74) is 4.04. The standard InChI is InChI=1S/C24H24F2N2O6/c25-24(26,22(31)27-11-14-9-10-33-20(14)21(29)30)13-28-23(32)34-12-19-17-7-3-1-5-15(17)16-6-2-4-8-18(16)19/h1-8,14,19-20H,9-13H2,(H,27,31)(H,28,32)(H,29,30)/t14-,20-/m1/s1. The van der Waals surface area contributed by atoms with Gasteiger partial charge in [0.1, 0.15) is 6.61 Å². The summed E-state index contributed by atoms with van der Waals surface area (Å²) in [5, 5.41) is 13.0. The van der Waals surface area contributed by atoms with Crippen LogP contribution >= 0.6 is 0 Å². The third-order valence-corrected chi connectivity index (χ3v) is 6.11. The van der Waals surface area contributed by atoms with E-state index in [9.17, 15) is 23.2 Å². The largest absolute Gasteiger partial charge is 0.479 e. The Hall–Kier alpha value is -3.53. The maximum Gasteiger partial charge on any atom is 0.407 e. The summed E-state index contributed by atoms with van der Waals surface area (Å²) in [7, 11) is 0. The SMILES string of the molecule is O=C(NCC(F)(F)C(=O)NC[C@H]1CCO[C@H]1C(=O)O)OCC1c2ccccc2-c2ccccc21.